The standard InChI is InChI=1S/C21H18N4O2/c1-26-21-11-16(12-24-25-14-22-23-15-25)9-10-20(21)27-13-18-7-4-6-17-5-2-3-8-19(17)18/h2-12,14-15H,13H2,1H3/b24-12+. The first-order valence-electron chi connectivity index (χ1n) is 8.50. The van der Waals surface area contributed by atoms with E-state index in [0.29, 0.717) is 18.1 Å². The smallest absolute Gasteiger partial charge is 0.161 e. The van der Waals surface area contributed by atoms with Gasteiger partial charge in [-0.05, 0) is 40.1 Å². The van der Waals surface area contributed by atoms with Crippen LogP contribution >= 0.6 is 0 Å². The summed E-state index contributed by atoms with van der Waals surface area (Å²) in [7, 11) is 1.63. The Bertz CT molecular complexity index is 1070. The van der Waals surface area contributed by atoms with E-state index in [1.165, 1.54) is 28.1 Å². The highest BCUT2D eigenvalue weighted by molar-refractivity contribution is 5.85. The van der Waals surface area contributed by atoms with Crippen molar-refractivity contribution in [3.05, 3.63) is 84.4 Å². The molecule has 0 saturated carbocycles. The lowest BCUT2D eigenvalue weighted by molar-refractivity contribution is 0.285. The molecule has 0 amide bonds. The largest absolute Gasteiger partial charge is 0.493 e. The summed E-state index contributed by atoms with van der Waals surface area (Å²) in [6.45, 7) is 0.464. The van der Waals surface area contributed by atoms with Gasteiger partial charge in [-0.25, -0.2) is 4.68 Å². The minimum Gasteiger partial charge on any atom is -0.493 e. The van der Waals surface area contributed by atoms with Gasteiger partial charge in [-0.3, -0.25) is 0 Å². The SMILES string of the molecule is COc1cc(/C=N/n2cnnc2)ccc1OCc1cccc2ccccc12. The van der Waals surface area contributed by atoms with Gasteiger partial charge < -0.3 is 9.47 Å². The van der Waals surface area contributed by atoms with Crippen LogP contribution in [-0.2, 0) is 6.61 Å². The van der Waals surface area contributed by atoms with Crippen molar-refractivity contribution in [1.82, 2.24) is 14.9 Å². The fourth-order valence-corrected chi connectivity index (χ4v) is 2.85. The van der Waals surface area contributed by atoms with E-state index in [9.17, 15) is 0 Å². The maximum atomic E-state index is 6.03. The van der Waals surface area contributed by atoms with Crippen molar-refractivity contribution in [2.75, 3.05) is 7.11 Å². The second kappa shape index (κ2) is 7.70. The van der Waals surface area contributed by atoms with Crippen molar-refractivity contribution < 1.29 is 9.47 Å². The third-order valence-electron chi connectivity index (χ3n) is 4.20. The number of methoxy groups -OCH3 is 1. The average molecular weight is 358 g/mol. The molecule has 0 atom stereocenters. The quantitative estimate of drug-likeness (QED) is 0.491. The van der Waals surface area contributed by atoms with Crippen molar-refractivity contribution in [1.29, 1.82) is 0 Å². The Hall–Kier alpha value is -3.67. The van der Waals surface area contributed by atoms with Crippen molar-refractivity contribution >= 4 is 17.0 Å². The number of aromatic nitrogens is 3. The molecule has 6 heteroatoms. The Labute approximate surface area is 156 Å². The summed E-state index contributed by atoms with van der Waals surface area (Å²) < 4.78 is 13.0. The maximum absolute atomic E-state index is 6.03. The van der Waals surface area contributed by atoms with Crippen LogP contribution in [0.1, 0.15) is 11.1 Å². The fourth-order valence-electron chi connectivity index (χ4n) is 2.85. The van der Waals surface area contributed by atoms with Gasteiger partial charge >= 0.3 is 0 Å². The number of benzene rings is 3. The predicted octanol–water partition coefficient (Wildman–Crippen LogP) is 3.90. The summed E-state index contributed by atoms with van der Waals surface area (Å²) in [4.78, 5) is 0. The first-order valence-corrected chi connectivity index (χ1v) is 8.50. The van der Waals surface area contributed by atoms with E-state index in [-0.39, 0.29) is 0 Å². The van der Waals surface area contributed by atoms with Gasteiger partial charge in [0.15, 0.2) is 11.5 Å². The molecule has 0 aliphatic rings. The molecule has 0 bridgehead atoms. The number of hydrogen-bond acceptors (Lipinski definition) is 5. The Morgan fingerprint density at radius 2 is 1.78 bits per heavy atom. The molecule has 3 aromatic carbocycles. The molecular formula is C21H18N4O2. The lowest BCUT2D eigenvalue weighted by Crippen LogP contribution is -1.99. The molecule has 1 aromatic heterocycles. The van der Waals surface area contributed by atoms with Gasteiger partial charge in [-0.15, -0.1) is 10.2 Å². The van der Waals surface area contributed by atoms with Crippen LogP contribution in [0.25, 0.3) is 10.8 Å². The molecule has 0 aliphatic carbocycles. The lowest BCUT2D eigenvalue weighted by atomic mass is 10.1. The van der Waals surface area contributed by atoms with Crippen LogP contribution < -0.4 is 9.47 Å². The summed E-state index contributed by atoms with van der Waals surface area (Å²) >= 11 is 0. The average Bonchev–Trinajstić information content (AvgIpc) is 3.24. The van der Waals surface area contributed by atoms with E-state index in [2.05, 4.69) is 39.6 Å². The third kappa shape index (κ3) is 3.79. The van der Waals surface area contributed by atoms with E-state index >= 15 is 0 Å². The minimum atomic E-state index is 0.464. The van der Waals surface area contributed by atoms with Gasteiger partial charge in [0.05, 0.1) is 13.3 Å². The normalized spacial score (nSPS) is 11.1. The van der Waals surface area contributed by atoms with E-state index < -0.39 is 0 Å². The number of fused-ring (bicyclic) bond motifs is 1. The molecule has 4 rings (SSSR count). The van der Waals surface area contributed by atoms with Crippen LogP contribution in [0.4, 0.5) is 0 Å². The van der Waals surface area contributed by atoms with Crippen LogP contribution in [0.5, 0.6) is 11.5 Å². The van der Waals surface area contributed by atoms with E-state index in [1.54, 1.807) is 13.3 Å². The molecule has 0 N–H and O–H groups in total. The first-order chi connectivity index (χ1) is 13.3. The Kier molecular flexibility index (Phi) is 4.78. The molecular weight excluding hydrogens is 340 g/mol. The second-order valence-electron chi connectivity index (χ2n) is 5.92. The van der Waals surface area contributed by atoms with E-state index in [0.717, 1.165) is 11.1 Å². The third-order valence-corrected chi connectivity index (χ3v) is 4.20. The van der Waals surface area contributed by atoms with Crippen LogP contribution in [0.15, 0.2) is 78.4 Å². The van der Waals surface area contributed by atoms with Crippen LogP contribution in [0, 0.1) is 0 Å². The van der Waals surface area contributed by atoms with Crippen LogP contribution in [0.3, 0.4) is 0 Å². The van der Waals surface area contributed by atoms with Crippen molar-refractivity contribution in [3.8, 4) is 11.5 Å². The van der Waals surface area contributed by atoms with Gasteiger partial charge in [0.25, 0.3) is 0 Å². The molecule has 0 fully saturated rings. The summed E-state index contributed by atoms with van der Waals surface area (Å²) in [5.41, 5.74) is 2.02. The molecule has 1 heterocycles. The molecule has 6 nitrogen and oxygen atoms in total. The summed E-state index contributed by atoms with van der Waals surface area (Å²) in [6.07, 6.45) is 4.76. The molecule has 0 spiro atoms. The highest BCUT2D eigenvalue weighted by Gasteiger charge is 2.07. The summed E-state index contributed by atoms with van der Waals surface area (Å²) in [5, 5.41) is 14.1. The molecule has 0 aliphatic heterocycles. The van der Waals surface area contributed by atoms with Crippen molar-refractivity contribution in [3.63, 3.8) is 0 Å². The van der Waals surface area contributed by atoms with Gasteiger partial charge in [-0.2, -0.15) is 5.10 Å². The maximum Gasteiger partial charge on any atom is 0.161 e. The van der Waals surface area contributed by atoms with Crippen LogP contribution in [0.2, 0.25) is 0 Å². The van der Waals surface area contributed by atoms with Gasteiger partial charge in [0, 0.05) is 0 Å². The topological polar surface area (TPSA) is 61.5 Å². The second-order valence-corrected chi connectivity index (χ2v) is 5.92. The molecule has 134 valence electrons. The zero-order valence-electron chi connectivity index (χ0n) is 14.8. The lowest BCUT2D eigenvalue weighted by Gasteiger charge is -2.12. The van der Waals surface area contributed by atoms with Crippen molar-refractivity contribution in [2.45, 2.75) is 6.61 Å². The highest BCUT2D eigenvalue weighted by atomic mass is 16.5. The van der Waals surface area contributed by atoms with Gasteiger partial charge in [0.1, 0.15) is 19.3 Å². The first kappa shape index (κ1) is 16.8. The predicted molar refractivity (Wildman–Crippen MR) is 104 cm³/mol. The number of rotatable bonds is 6. The molecule has 0 saturated heterocycles. The molecule has 27 heavy (non-hydrogen) atoms. The zero-order valence-corrected chi connectivity index (χ0v) is 14.8. The fraction of sp³-hybridized carbons (Fsp3) is 0.0952. The number of nitrogens with zero attached hydrogens (tertiary/aromatic N) is 4. The highest BCUT2D eigenvalue weighted by Crippen LogP contribution is 2.29. The van der Waals surface area contributed by atoms with E-state index in [1.807, 2.05) is 36.4 Å². The van der Waals surface area contributed by atoms with Crippen LogP contribution in [-0.4, -0.2) is 28.2 Å². The molecule has 0 radical (unpaired) electrons. The van der Waals surface area contributed by atoms with Gasteiger partial charge in [0.2, 0.25) is 0 Å². The Morgan fingerprint density at radius 3 is 2.63 bits per heavy atom. The molecule has 0 unspecified atom stereocenters. The summed E-state index contributed by atoms with van der Waals surface area (Å²) in [6, 6.07) is 20.2. The Morgan fingerprint density at radius 1 is 0.963 bits per heavy atom. The summed E-state index contributed by atoms with van der Waals surface area (Å²) in [5.74, 6) is 1.34. The minimum absolute atomic E-state index is 0.464. The van der Waals surface area contributed by atoms with Crippen molar-refractivity contribution in [2.24, 2.45) is 5.10 Å². The number of hydrogen-bond donors (Lipinski definition) is 0. The number of ether oxygens (including phenoxy) is 2. The van der Waals surface area contributed by atoms with E-state index in [4.69, 9.17) is 9.47 Å². The molecule has 4 aromatic rings. The monoisotopic (exact) mass is 358 g/mol. The zero-order chi connectivity index (χ0) is 18.5. The van der Waals surface area contributed by atoms with Gasteiger partial charge in [-0.1, -0.05) is 42.5 Å². The Balaban J connectivity index is 1.53.